The van der Waals surface area contributed by atoms with Crippen LogP contribution in [0.3, 0.4) is 0 Å². The van der Waals surface area contributed by atoms with Crippen molar-refractivity contribution >= 4 is 0 Å². The second-order valence-electron chi connectivity index (χ2n) is 4.19. The number of benzene rings is 2. The highest BCUT2D eigenvalue weighted by atomic mass is 19.2. The molecule has 2 nitrogen and oxygen atoms in total. The Balaban J connectivity index is 2.00. The van der Waals surface area contributed by atoms with E-state index in [0.29, 0.717) is 0 Å². The minimum Gasteiger partial charge on any atom is -0.486 e. The Morgan fingerprint density at radius 3 is 2.37 bits per heavy atom. The van der Waals surface area contributed by atoms with Crippen molar-refractivity contribution in [2.24, 2.45) is 0 Å². The molecule has 0 bridgehead atoms. The van der Waals surface area contributed by atoms with E-state index < -0.39 is 11.6 Å². The zero-order valence-electron chi connectivity index (χ0n) is 10.6. The number of nitrogens with one attached hydrogen (secondary N) is 1. The van der Waals surface area contributed by atoms with Crippen molar-refractivity contribution in [1.29, 1.82) is 0 Å². The average Bonchev–Trinajstić information content (AvgIpc) is 2.42. The van der Waals surface area contributed by atoms with Gasteiger partial charge in [-0.2, -0.15) is 4.39 Å². The molecule has 0 saturated heterocycles. The molecule has 1 N–H and O–H groups in total. The first-order chi connectivity index (χ1) is 9.20. The molecule has 0 aliphatic carbocycles. The molecule has 19 heavy (non-hydrogen) atoms. The normalized spacial score (nSPS) is 10.5. The smallest absolute Gasteiger partial charge is 0.200 e. The lowest BCUT2D eigenvalue weighted by Crippen LogP contribution is -2.05. The largest absolute Gasteiger partial charge is 0.486 e. The highest BCUT2D eigenvalue weighted by Gasteiger charge is 2.08. The van der Waals surface area contributed by atoms with Crippen LogP contribution in [0.25, 0.3) is 0 Å². The van der Waals surface area contributed by atoms with Crippen molar-refractivity contribution in [2.45, 2.75) is 13.2 Å². The minimum absolute atomic E-state index is 0.0701. The topological polar surface area (TPSA) is 21.3 Å². The number of halogens is 2. The van der Waals surface area contributed by atoms with Gasteiger partial charge < -0.3 is 10.1 Å². The van der Waals surface area contributed by atoms with E-state index in [-0.39, 0.29) is 12.4 Å². The van der Waals surface area contributed by atoms with Crippen molar-refractivity contribution in [2.75, 3.05) is 7.05 Å². The lowest BCUT2D eigenvalue weighted by molar-refractivity contribution is 0.284. The van der Waals surface area contributed by atoms with E-state index in [1.807, 2.05) is 31.3 Å². The number of rotatable bonds is 5. The summed E-state index contributed by atoms with van der Waals surface area (Å²) in [5.41, 5.74) is 2.06. The number of hydrogen-bond donors (Lipinski definition) is 1. The molecule has 100 valence electrons. The third-order valence-corrected chi connectivity index (χ3v) is 2.71. The molecule has 2 rings (SSSR count). The first-order valence-corrected chi connectivity index (χ1v) is 6.00. The van der Waals surface area contributed by atoms with Crippen LogP contribution < -0.4 is 10.1 Å². The Morgan fingerprint density at radius 1 is 1.00 bits per heavy atom. The molecule has 0 spiro atoms. The summed E-state index contributed by atoms with van der Waals surface area (Å²) in [5, 5.41) is 3.05. The monoisotopic (exact) mass is 263 g/mol. The van der Waals surface area contributed by atoms with Crippen molar-refractivity contribution in [3.8, 4) is 5.75 Å². The zero-order chi connectivity index (χ0) is 13.7. The average molecular weight is 263 g/mol. The fraction of sp³-hybridized carbons (Fsp3) is 0.200. The van der Waals surface area contributed by atoms with Gasteiger partial charge in [-0.25, -0.2) is 4.39 Å². The highest BCUT2D eigenvalue weighted by molar-refractivity contribution is 5.26. The van der Waals surface area contributed by atoms with Crippen LogP contribution in [0.5, 0.6) is 5.75 Å². The van der Waals surface area contributed by atoms with Crippen LogP contribution in [-0.2, 0) is 13.2 Å². The summed E-state index contributed by atoms with van der Waals surface area (Å²) in [4.78, 5) is 0. The molecule has 0 aliphatic rings. The van der Waals surface area contributed by atoms with Gasteiger partial charge in [-0.05, 0) is 30.3 Å². The molecule has 0 atom stereocenters. The predicted octanol–water partition coefficient (Wildman–Crippen LogP) is 3.26. The van der Waals surface area contributed by atoms with E-state index in [2.05, 4.69) is 5.32 Å². The van der Waals surface area contributed by atoms with Gasteiger partial charge >= 0.3 is 0 Å². The van der Waals surface area contributed by atoms with Gasteiger partial charge in [0.1, 0.15) is 6.61 Å². The van der Waals surface area contributed by atoms with E-state index in [0.717, 1.165) is 23.7 Å². The minimum atomic E-state index is -0.950. The molecular formula is C15H15F2NO. The number of ether oxygens (including phenoxy) is 1. The Morgan fingerprint density at radius 2 is 1.68 bits per heavy atom. The predicted molar refractivity (Wildman–Crippen MR) is 69.9 cm³/mol. The molecular weight excluding hydrogens is 248 g/mol. The molecule has 0 saturated carbocycles. The first kappa shape index (κ1) is 13.5. The van der Waals surface area contributed by atoms with Crippen LogP contribution in [0.15, 0.2) is 42.5 Å². The Hall–Kier alpha value is -1.94. The van der Waals surface area contributed by atoms with Crippen LogP contribution in [0.2, 0.25) is 0 Å². The van der Waals surface area contributed by atoms with Gasteiger partial charge in [-0.3, -0.25) is 0 Å². The molecule has 4 heteroatoms. The van der Waals surface area contributed by atoms with Gasteiger partial charge in [0, 0.05) is 6.54 Å². The SMILES string of the molecule is CNCc1ccc(COc2cccc(F)c2F)cc1. The third-order valence-electron chi connectivity index (χ3n) is 2.71. The van der Waals surface area contributed by atoms with Gasteiger partial charge in [0.05, 0.1) is 0 Å². The zero-order valence-corrected chi connectivity index (χ0v) is 10.6. The van der Waals surface area contributed by atoms with E-state index >= 15 is 0 Å². The van der Waals surface area contributed by atoms with Gasteiger partial charge in [-0.1, -0.05) is 30.3 Å². The van der Waals surface area contributed by atoms with Crippen molar-refractivity contribution in [3.05, 3.63) is 65.2 Å². The van der Waals surface area contributed by atoms with Gasteiger partial charge in [-0.15, -0.1) is 0 Å². The summed E-state index contributed by atoms with van der Waals surface area (Å²) >= 11 is 0. The molecule has 0 heterocycles. The van der Waals surface area contributed by atoms with Gasteiger partial charge in [0.25, 0.3) is 0 Å². The van der Waals surface area contributed by atoms with Crippen LogP contribution in [0.4, 0.5) is 8.78 Å². The van der Waals surface area contributed by atoms with Crippen molar-refractivity contribution < 1.29 is 13.5 Å². The summed E-state index contributed by atoms with van der Waals surface area (Å²) in [5.74, 6) is -1.92. The summed E-state index contributed by atoms with van der Waals surface area (Å²) in [6.45, 7) is 1.000. The summed E-state index contributed by atoms with van der Waals surface area (Å²) in [7, 11) is 1.88. The molecule has 0 aliphatic heterocycles. The maximum Gasteiger partial charge on any atom is 0.200 e. The first-order valence-electron chi connectivity index (χ1n) is 6.00. The molecule has 2 aromatic carbocycles. The van der Waals surface area contributed by atoms with Gasteiger partial charge in [0.15, 0.2) is 11.6 Å². The number of hydrogen-bond acceptors (Lipinski definition) is 2. The van der Waals surface area contributed by atoms with Crippen LogP contribution >= 0.6 is 0 Å². The van der Waals surface area contributed by atoms with Crippen LogP contribution in [0, 0.1) is 11.6 Å². The van der Waals surface area contributed by atoms with Gasteiger partial charge in [0.2, 0.25) is 5.82 Å². The molecule has 2 aromatic rings. The van der Waals surface area contributed by atoms with E-state index in [9.17, 15) is 8.78 Å². The fourth-order valence-corrected chi connectivity index (χ4v) is 1.71. The summed E-state index contributed by atoms with van der Waals surface area (Å²) in [6.07, 6.45) is 0. The molecule has 0 unspecified atom stereocenters. The lowest BCUT2D eigenvalue weighted by atomic mass is 10.1. The maximum absolute atomic E-state index is 13.4. The Kier molecular flexibility index (Phi) is 4.47. The maximum atomic E-state index is 13.4. The second kappa shape index (κ2) is 6.29. The van der Waals surface area contributed by atoms with E-state index in [1.165, 1.54) is 12.1 Å². The Labute approximate surface area is 111 Å². The van der Waals surface area contributed by atoms with E-state index in [4.69, 9.17) is 4.74 Å². The van der Waals surface area contributed by atoms with E-state index in [1.54, 1.807) is 0 Å². The van der Waals surface area contributed by atoms with Crippen LogP contribution in [0.1, 0.15) is 11.1 Å². The van der Waals surface area contributed by atoms with Crippen molar-refractivity contribution in [3.63, 3.8) is 0 Å². The highest BCUT2D eigenvalue weighted by Crippen LogP contribution is 2.20. The molecule has 0 radical (unpaired) electrons. The summed E-state index contributed by atoms with van der Waals surface area (Å²) in [6, 6.07) is 11.6. The van der Waals surface area contributed by atoms with Crippen LogP contribution in [-0.4, -0.2) is 7.05 Å². The summed E-state index contributed by atoms with van der Waals surface area (Å²) < 4.78 is 31.6. The molecule has 0 aromatic heterocycles. The molecule has 0 amide bonds. The standard InChI is InChI=1S/C15H15F2NO/c1-18-9-11-5-7-12(8-6-11)10-19-14-4-2-3-13(16)15(14)17/h2-8,18H,9-10H2,1H3. The lowest BCUT2D eigenvalue weighted by Gasteiger charge is -2.08. The second-order valence-corrected chi connectivity index (χ2v) is 4.19. The molecule has 0 fully saturated rings. The Bertz CT molecular complexity index is 540. The third kappa shape index (κ3) is 3.51. The quantitative estimate of drug-likeness (QED) is 0.894. The fourth-order valence-electron chi connectivity index (χ4n) is 1.71. The van der Waals surface area contributed by atoms with Crippen molar-refractivity contribution in [1.82, 2.24) is 5.32 Å².